The van der Waals surface area contributed by atoms with Gasteiger partial charge in [0.05, 0.1) is 41.2 Å². The Balaban J connectivity index is 1.64. The number of halogens is 2. The molecular weight excluding hydrogens is 509 g/mol. The molecule has 0 aromatic heterocycles. The Kier molecular flexibility index (Phi) is 9.26. The second-order valence-corrected chi connectivity index (χ2v) is 7.80. The molecule has 9 nitrogen and oxygen atoms in total. The summed E-state index contributed by atoms with van der Waals surface area (Å²) in [7, 11) is 1.53. The predicted molar refractivity (Wildman–Crippen MR) is 136 cm³/mol. The van der Waals surface area contributed by atoms with Crippen LogP contribution in [0.2, 0.25) is 10.0 Å². The number of hydrogen-bond donors (Lipinski definition) is 2. The van der Waals surface area contributed by atoms with Crippen molar-refractivity contribution >= 4 is 52.9 Å². The molecule has 0 spiro atoms. The van der Waals surface area contributed by atoms with Gasteiger partial charge in [0.2, 0.25) is 0 Å². The zero-order chi connectivity index (χ0) is 26.1. The monoisotopic (exact) mass is 529 g/mol. The number of methoxy groups -OCH3 is 1. The lowest BCUT2D eigenvalue weighted by Crippen LogP contribution is -2.32. The summed E-state index contributed by atoms with van der Waals surface area (Å²) < 4.78 is 16.1. The minimum atomic E-state index is -1.02. The first-order valence-electron chi connectivity index (χ1n) is 10.5. The molecule has 0 aliphatic carbocycles. The standard InChI is InChI=1S/C25H21Cl2N3O6/c1-3-35-21-13-15(7-12-20(21)36-25(33)16-8-10-17(34-2)11-9-16)14-28-30-24(32)23(31)29-19-6-4-5-18(26)22(19)27/h4-14H,3H2,1-2H3,(H,29,31)(H,30,32)/b28-14+. The molecule has 0 atom stereocenters. The lowest BCUT2D eigenvalue weighted by atomic mass is 10.2. The first kappa shape index (κ1) is 26.5. The maximum atomic E-state index is 12.5. The molecule has 2 N–H and O–H groups in total. The van der Waals surface area contributed by atoms with Gasteiger partial charge < -0.3 is 19.5 Å². The lowest BCUT2D eigenvalue weighted by Gasteiger charge is -2.11. The van der Waals surface area contributed by atoms with E-state index in [-0.39, 0.29) is 21.5 Å². The van der Waals surface area contributed by atoms with Gasteiger partial charge in [-0.2, -0.15) is 5.10 Å². The SMILES string of the molecule is CCOc1cc(/C=N/NC(=O)C(=O)Nc2cccc(Cl)c2Cl)ccc1OC(=O)c1ccc(OC)cc1. The van der Waals surface area contributed by atoms with E-state index in [1.807, 2.05) is 0 Å². The van der Waals surface area contributed by atoms with Crippen molar-refractivity contribution in [3.8, 4) is 17.2 Å². The van der Waals surface area contributed by atoms with Gasteiger partial charge in [-0.25, -0.2) is 10.2 Å². The molecule has 3 aromatic rings. The zero-order valence-electron chi connectivity index (χ0n) is 19.2. The van der Waals surface area contributed by atoms with Crippen molar-refractivity contribution in [3.63, 3.8) is 0 Å². The largest absolute Gasteiger partial charge is 0.497 e. The number of nitrogens with zero attached hydrogens (tertiary/aromatic N) is 1. The molecule has 3 rings (SSSR count). The normalized spacial score (nSPS) is 10.6. The summed E-state index contributed by atoms with van der Waals surface area (Å²) in [4.78, 5) is 36.6. The van der Waals surface area contributed by atoms with Gasteiger partial charge in [0.15, 0.2) is 11.5 Å². The molecule has 36 heavy (non-hydrogen) atoms. The number of hydrogen-bond acceptors (Lipinski definition) is 7. The van der Waals surface area contributed by atoms with Gasteiger partial charge >= 0.3 is 17.8 Å². The van der Waals surface area contributed by atoms with E-state index in [1.54, 1.807) is 55.5 Å². The average Bonchev–Trinajstić information content (AvgIpc) is 2.88. The van der Waals surface area contributed by atoms with Crippen LogP contribution in [-0.2, 0) is 9.59 Å². The van der Waals surface area contributed by atoms with Crippen molar-refractivity contribution in [1.82, 2.24) is 5.43 Å². The van der Waals surface area contributed by atoms with E-state index in [0.717, 1.165) is 0 Å². The number of esters is 1. The van der Waals surface area contributed by atoms with Crippen molar-refractivity contribution in [1.29, 1.82) is 0 Å². The summed E-state index contributed by atoms with van der Waals surface area (Å²) in [5, 5.41) is 6.48. The minimum Gasteiger partial charge on any atom is -0.497 e. The molecule has 0 heterocycles. The molecule has 0 bridgehead atoms. The van der Waals surface area contributed by atoms with Crippen LogP contribution in [0.4, 0.5) is 5.69 Å². The number of benzene rings is 3. The highest BCUT2D eigenvalue weighted by Gasteiger charge is 2.16. The number of carbonyl (C=O) groups is 3. The minimum absolute atomic E-state index is 0.111. The van der Waals surface area contributed by atoms with Crippen LogP contribution in [0.3, 0.4) is 0 Å². The number of hydrazone groups is 1. The van der Waals surface area contributed by atoms with Crippen LogP contribution in [0.25, 0.3) is 0 Å². The Morgan fingerprint density at radius 2 is 1.72 bits per heavy atom. The summed E-state index contributed by atoms with van der Waals surface area (Å²) in [5.74, 6) is -1.45. The molecule has 0 saturated heterocycles. The molecule has 0 fully saturated rings. The van der Waals surface area contributed by atoms with Crippen LogP contribution in [0.5, 0.6) is 17.2 Å². The maximum Gasteiger partial charge on any atom is 0.343 e. The van der Waals surface area contributed by atoms with Crippen molar-refractivity contribution in [2.75, 3.05) is 19.0 Å². The molecule has 186 valence electrons. The van der Waals surface area contributed by atoms with Gasteiger partial charge in [0, 0.05) is 0 Å². The van der Waals surface area contributed by atoms with E-state index in [9.17, 15) is 14.4 Å². The molecule has 0 saturated carbocycles. The summed E-state index contributed by atoms with van der Waals surface area (Å²) in [6.45, 7) is 2.09. The number of carbonyl (C=O) groups excluding carboxylic acids is 3. The van der Waals surface area contributed by atoms with E-state index < -0.39 is 17.8 Å². The highest BCUT2D eigenvalue weighted by molar-refractivity contribution is 6.45. The average molecular weight is 530 g/mol. The lowest BCUT2D eigenvalue weighted by molar-refractivity contribution is -0.136. The number of ether oxygens (including phenoxy) is 3. The Hall–Kier alpha value is -4.08. The summed E-state index contributed by atoms with van der Waals surface area (Å²) in [6, 6.07) is 15.8. The molecule has 3 aromatic carbocycles. The fourth-order valence-electron chi connectivity index (χ4n) is 2.84. The van der Waals surface area contributed by atoms with Crippen LogP contribution in [0, 0.1) is 0 Å². The zero-order valence-corrected chi connectivity index (χ0v) is 20.7. The molecule has 11 heteroatoms. The molecule has 0 aliphatic heterocycles. The van der Waals surface area contributed by atoms with Gasteiger partial charge in [-0.1, -0.05) is 29.3 Å². The number of rotatable bonds is 8. The first-order chi connectivity index (χ1) is 17.3. The number of amides is 2. The fraction of sp³-hybridized carbons (Fsp3) is 0.120. The van der Waals surface area contributed by atoms with Crippen LogP contribution in [0.1, 0.15) is 22.8 Å². The fourth-order valence-corrected chi connectivity index (χ4v) is 3.19. The van der Waals surface area contributed by atoms with Crippen LogP contribution >= 0.6 is 23.2 Å². The molecule has 0 aliphatic rings. The summed E-state index contributed by atoms with van der Waals surface area (Å²) in [6.07, 6.45) is 1.30. The van der Waals surface area contributed by atoms with Gasteiger partial charge in [-0.05, 0) is 67.1 Å². The quantitative estimate of drug-likeness (QED) is 0.143. The van der Waals surface area contributed by atoms with Gasteiger partial charge in [-0.15, -0.1) is 0 Å². The van der Waals surface area contributed by atoms with E-state index in [1.165, 1.54) is 25.5 Å². The third-order valence-electron chi connectivity index (χ3n) is 4.58. The van der Waals surface area contributed by atoms with Crippen molar-refractivity contribution in [3.05, 3.63) is 81.8 Å². The number of anilines is 1. The maximum absolute atomic E-state index is 12.5. The van der Waals surface area contributed by atoms with E-state index in [2.05, 4.69) is 15.8 Å². The third kappa shape index (κ3) is 6.97. The second-order valence-electron chi connectivity index (χ2n) is 7.01. The van der Waals surface area contributed by atoms with E-state index >= 15 is 0 Å². The highest BCUT2D eigenvalue weighted by Crippen LogP contribution is 2.30. The third-order valence-corrected chi connectivity index (χ3v) is 5.40. The van der Waals surface area contributed by atoms with Gasteiger partial charge in [0.1, 0.15) is 5.75 Å². The van der Waals surface area contributed by atoms with Gasteiger partial charge in [0.25, 0.3) is 0 Å². The van der Waals surface area contributed by atoms with Crippen molar-refractivity contribution in [2.45, 2.75) is 6.92 Å². The summed E-state index contributed by atoms with van der Waals surface area (Å²) in [5.41, 5.74) is 3.16. The highest BCUT2D eigenvalue weighted by atomic mass is 35.5. The second kappa shape index (κ2) is 12.6. The molecule has 0 radical (unpaired) electrons. The molecule has 0 unspecified atom stereocenters. The van der Waals surface area contributed by atoms with E-state index in [4.69, 9.17) is 37.4 Å². The van der Waals surface area contributed by atoms with Crippen LogP contribution in [0.15, 0.2) is 65.8 Å². The van der Waals surface area contributed by atoms with Crippen LogP contribution in [-0.4, -0.2) is 37.7 Å². The predicted octanol–water partition coefficient (Wildman–Crippen LogP) is 4.71. The van der Waals surface area contributed by atoms with Crippen LogP contribution < -0.4 is 25.0 Å². The number of nitrogens with one attached hydrogen (secondary N) is 2. The molecular formula is C25H21Cl2N3O6. The Morgan fingerprint density at radius 1 is 0.972 bits per heavy atom. The van der Waals surface area contributed by atoms with Crippen molar-refractivity contribution < 1.29 is 28.6 Å². The molecule has 2 amide bonds. The topological polar surface area (TPSA) is 115 Å². The Labute approximate surface area is 216 Å². The Bertz CT molecular complexity index is 1300. The van der Waals surface area contributed by atoms with E-state index in [0.29, 0.717) is 29.2 Å². The Morgan fingerprint density at radius 3 is 2.42 bits per heavy atom. The summed E-state index contributed by atoms with van der Waals surface area (Å²) >= 11 is 11.9. The first-order valence-corrected chi connectivity index (χ1v) is 11.3. The van der Waals surface area contributed by atoms with Crippen molar-refractivity contribution in [2.24, 2.45) is 5.10 Å². The smallest absolute Gasteiger partial charge is 0.343 e. The van der Waals surface area contributed by atoms with Gasteiger partial charge in [-0.3, -0.25) is 9.59 Å².